The van der Waals surface area contributed by atoms with Crippen molar-refractivity contribution >= 4 is 57.6 Å². The number of pyridine rings is 3. The molecule has 39 heavy (non-hydrogen) atoms. The van der Waals surface area contributed by atoms with Crippen molar-refractivity contribution in [2.45, 2.75) is 41.5 Å². The minimum absolute atomic E-state index is 0.0330. The van der Waals surface area contributed by atoms with Crippen molar-refractivity contribution in [2.75, 3.05) is 41.7 Å². The second kappa shape index (κ2) is 8.58. The zero-order chi connectivity index (χ0) is 26.3. The van der Waals surface area contributed by atoms with Gasteiger partial charge in [0.05, 0.1) is 16.1 Å². The standard InChI is InChI=1S/C28H28ClN9S/c29-23-19(6-9-32-25(23)31)39-20-3-5-22-35-26(18-15-33-27(20)38(18)22)37-12-7-28(8-13-37)14-17-16(24(28)30)2-4-21(34-17)36-10-1-11-36/h2-6,9,15,24H,1,7-8,10-14,30H2,(H2,31,32)/t24-/m1/s1. The van der Waals surface area contributed by atoms with E-state index in [0.717, 1.165) is 83.7 Å². The van der Waals surface area contributed by atoms with Gasteiger partial charge >= 0.3 is 0 Å². The van der Waals surface area contributed by atoms with E-state index in [1.165, 1.54) is 29.4 Å². The van der Waals surface area contributed by atoms with Crippen molar-refractivity contribution in [3.63, 3.8) is 0 Å². The molecule has 1 aliphatic carbocycles. The van der Waals surface area contributed by atoms with Gasteiger partial charge in [-0.25, -0.2) is 19.9 Å². The molecule has 5 aromatic heterocycles. The molecule has 9 nitrogen and oxygen atoms in total. The number of nitrogen functional groups attached to an aromatic ring is 1. The first-order chi connectivity index (χ1) is 19.0. The van der Waals surface area contributed by atoms with E-state index in [2.05, 4.69) is 31.3 Å². The number of anilines is 3. The van der Waals surface area contributed by atoms with Crippen LogP contribution in [0.5, 0.6) is 0 Å². The Labute approximate surface area is 234 Å². The smallest absolute Gasteiger partial charge is 0.157 e. The molecule has 7 heterocycles. The zero-order valence-electron chi connectivity index (χ0n) is 21.3. The van der Waals surface area contributed by atoms with E-state index in [0.29, 0.717) is 10.8 Å². The van der Waals surface area contributed by atoms with Crippen molar-refractivity contribution < 1.29 is 0 Å². The molecule has 0 aromatic carbocycles. The van der Waals surface area contributed by atoms with Crippen LogP contribution in [-0.2, 0) is 6.42 Å². The Morgan fingerprint density at radius 3 is 2.59 bits per heavy atom. The predicted molar refractivity (Wildman–Crippen MR) is 155 cm³/mol. The minimum atomic E-state index is 0.0330. The normalized spacial score (nSPS) is 20.3. The maximum absolute atomic E-state index is 6.90. The third kappa shape index (κ3) is 3.51. The largest absolute Gasteiger partial charge is 0.382 e. The van der Waals surface area contributed by atoms with E-state index in [9.17, 15) is 0 Å². The van der Waals surface area contributed by atoms with Crippen LogP contribution in [0.4, 0.5) is 17.5 Å². The monoisotopic (exact) mass is 557 g/mol. The highest BCUT2D eigenvalue weighted by molar-refractivity contribution is 7.99. The summed E-state index contributed by atoms with van der Waals surface area (Å²) < 4.78 is 2.14. The van der Waals surface area contributed by atoms with Crippen molar-refractivity contribution in [1.29, 1.82) is 0 Å². The van der Waals surface area contributed by atoms with Gasteiger partial charge in [0.2, 0.25) is 0 Å². The van der Waals surface area contributed by atoms with Crippen LogP contribution in [-0.4, -0.2) is 50.5 Å². The minimum Gasteiger partial charge on any atom is -0.382 e. The summed E-state index contributed by atoms with van der Waals surface area (Å²) in [5.41, 5.74) is 18.1. The summed E-state index contributed by atoms with van der Waals surface area (Å²) in [4.78, 5) is 25.5. The highest BCUT2D eigenvalue weighted by atomic mass is 35.5. The lowest BCUT2D eigenvalue weighted by molar-refractivity contribution is 0.187. The Kier molecular flexibility index (Phi) is 5.18. The van der Waals surface area contributed by atoms with E-state index in [1.54, 1.807) is 6.20 Å². The summed E-state index contributed by atoms with van der Waals surface area (Å²) >= 11 is 7.95. The lowest BCUT2D eigenvalue weighted by atomic mass is 9.73. The molecule has 0 saturated carbocycles. The predicted octanol–water partition coefficient (Wildman–Crippen LogP) is 4.55. The van der Waals surface area contributed by atoms with E-state index >= 15 is 0 Å². The van der Waals surface area contributed by atoms with Crippen molar-refractivity contribution in [3.8, 4) is 0 Å². The number of fused-ring (bicyclic) bond motifs is 1. The Balaban J connectivity index is 1.05. The van der Waals surface area contributed by atoms with Crippen LogP contribution in [0.1, 0.15) is 36.6 Å². The van der Waals surface area contributed by atoms with Gasteiger partial charge in [0, 0.05) is 49.0 Å². The van der Waals surface area contributed by atoms with Gasteiger partial charge in [0.1, 0.15) is 22.8 Å². The average Bonchev–Trinajstić information content (AvgIpc) is 3.58. The molecule has 8 rings (SSSR count). The maximum Gasteiger partial charge on any atom is 0.157 e. The fourth-order valence-corrected chi connectivity index (χ4v) is 7.65. The number of halogens is 1. The van der Waals surface area contributed by atoms with Gasteiger partial charge in [-0.2, -0.15) is 0 Å². The first-order valence-corrected chi connectivity index (χ1v) is 14.6. The van der Waals surface area contributed by atoms with Crippen LogP contribution in [0.25, 0.3) is 16.8 Å². The first-order valence-electron chi connectivity index (χ1n) is 13.4. The molecular weight excluding hydrogens is 530 g/mol. The van der Waals surface area contributed by atoms with Gasteiger partial charge in [-0.3, -0.25) is 4.40 Å². The molecule has 1 atom stereocenters. The summed E-state index contributed by atoms with van der Waals surface area (Å²) in [6.45, 7) is 4.04. The number of rotatable bonds is 4. The summed E-state index contributed by atoms with van der Waals surface area (Å²) in [7, 11) is 0. The van der Waals surface area contributed by atoms with Crippen LogP contribution in [0.2, 0.25) is 5.02 Å². The number of piperidine rings is 1. The Morgan fingerprint density at radius 1 is 0.949 bits per heavy atom. The maximum atomic E-state index is 6.90. The third-order valence-electron chi connectivity index (χ3n) is 8.89. The van der Waals surface area contributed by atoms with Crippen LogP contribution in [0.3, 0.4) is 0 Å². The van der Waals surface area contributed by atoms with Crippen LogP contribution < -0.4 is 21.3 Å². The second-order valence-corrected chi connectivity index (χ2v) is 12.4. The molecule has 5 aromatic rings. The lowest BCUT2D eigenvalue weighted by Crippen LogP contribution is -2.44. The number of aromatic nitrogens is 5. The molecule has 4 N–H and O–H groups in total. The quantitative estimate of drug-likeness (QED) is 0.328. The van der Waals surface area contributed by atoms with Crippen molar-refractivity contribution in [2.24, 2.45) is 11.1 Å². The van der Waals surface area contributed by atoms with Gasteiger partial charge in [0.15, 0.2) is 11.5 Å². The zero-order valence-corrected chi connectivity index (χ0v) is 22.9. The molecule has 0 bridgehead atoms. The van der Waals surface area contributed by atoms with Gasteiger partial charge in [-0.15, -0.1) is 0 Å². The van der Waals surface area contributed by atoms with Crippen molar-refractivity contribution in [3.05, 3.63) is 59.0 Å². The summed E-state index contributed by atoms with van der Waals surface area (Å²) in [6, 6.07) is 10.4. The number of hydrogen-bond donors (Lipinski definition) is 2. The molecule has 1 spiro atoms. The summed E-state index contributed by atoms with van der Waals surface area (Å²) in [6.07, 6.45) is 7.85. The van der Waals surface area contributed by atoms with Gasteiger partial charge in [0.25, 0.3) is 0 Å². The van der Waals surface area contributed by atoms with Crippen LogP contribution in [0.15, 0.2) is 52.5 Å². The lowest BCUT2D eigenvalue weighted by Gasteiger charge is -2.42. The fourth-order valence-electron chi connectivity index (χ4n) is 6.49. The van der Waals surface area contributed by atoms with Crippen molar-refractivity contribution in [1.82, 2.24) is 24.3 Å². The number of imidazole rings is 2. The highest BCUT2D eigenvalue weighted by Gasteiger charge is 2.47. The topological polar surface area (TPSA) is 114 Å². The molecule has 11 heteroatoms. The molecule has 0 amide bonds. The average molecular weight is 558 g/mol. The van der Waals surface area contributed by atoms with Gasteiger partial charge in [-0.05, 0) is 60.9 Å². The van der Waals surface area contributed by atoms with Crippen LogP contribution >= 0.6 is 23.4 Å². The van der Waals surface area contributed by atoms with E-state index in [-0.39, 0.29) is 11.5 Å². The molecule has 2 fully saturated rings. The second-order valence-electron chi connectivity index (χ2n) is 11.0. The molecule has 2 aliphatic heterocycles. The summed E-state index contributed by atoms with van der Waals surface area (Å²) in [5, 5.41) is 0.463. The summed E-state index contributed by atoms with van der Waals surface area (Å²) in [5.74, 6) is 2.42. The Bertz CT molecular complexity index is 1720. The van der Waals surface area contributed by atoms with Crippen LogP contribution in [0, 0.1) is 5.41 Å². The van der Waals surface area contributed by atoms with E-state index in [1.807, 2.05) is 24.4 Å². The SMILES string of the molecule is Nc1nccc(Sc2ccc3nc(N4CCC5(CC4)Cc4nc(N6CCC6)ccc4[C@H]5N)c4cnc2n34)c1Cl. The first kappa shape index (κ1) is 23.5. The molecule has 0 radical (unpaired) electrons. The molecule has 3 aliphatic rings. The van der Waals surface area contributed by atoms with E-state index < -0.39 is 0 Å². The Morgan fingerprint density at radius 2 is 1.79 bits per heavy atom. The van der Waals surface area contributed by atoms with Gasteiger partial charge in [-0.1, -0.05) is 29.4 Å². The molecule has 0 unspecified atom stereocenters. The number of nitrogens with zero attached hydrogens (tertiary/aromatic N) is 7. The fraction of sp³-hybridized carbons (Fsp3) is 0.357. The third-order valence-corrected chi connectivity index (χ3v) is 10.5. The molecular formula is C28H28ClN9S. The van der Waals surface area contributed by atoms with E-state index in [4.69, 9.17) is 38.0 Å². The van der Waals surface area contributed by atoms with Gasteiger partial charge < -0.3 is 21.3 Å². The Hall–Kier alpha value is -3.34. The highest BCUT2D eigenvalue weighted by Crippen LogP contribution is 2.51. The number of nitrogens with two attached hydrogens (primary N) is 2. The molecule has 198 valence electrons. The number of hydrogen-bond acceptors (Lipinski definition) is 9. The molecule has 2 saturated heterocycles.